The van der Waals surface area contributed by atoms with E-state index in [4.69, 9.17) is 9.47 Å². The number of nitrogens with one attached hydrogen (secondary N) is 1. The molecule has 0 unspecified atom stereocenters. The van der Waals surface area contributed by atoms with Crippen LogP contribution in [0.4, 0.5) is 4.39 Å². The molecule has 34 heavy (non-hydrogen) atoms. The van der Waals surface area contributed by atoms with E-state index in [1.807, 2.05) is 9.80 Å². The number of aryl methyl sites for hydroxylation is 1. The van der Waals surface area contributed by atoms with Gasteiger partial charge in [0.15, 0.2) is 5.69 Å². The summed E-state index contributed by atoms with van der Waals surface area (Å²) in [6.45, 7) is 3.19. The highest BCUT2D eigenvalue weighted by Gasteiger charge is 2.37. The zero-order valence-corrected chi connectivity index (χ0v) is 19.3. The van der Waals surface area contributed by atoms with Gasteiger partial charge in [0, 0.05) is 56.2 Å². The number of nitrogens with zero attached hydrogens (tertiary/aromatic N) is 3. The molecule has 0 saturated carbocycles. The first-order chi connectivity index (χ1) is 16.6. The van der Waals surface area contributed by atoms with Crippen molar-refractivity contribution in [1.82, 2.24) is 20.0 Å². The second kappa shape index (κ2) is 10.1. The lowest BCUT2D eigenvalue weighted by Crippen LogP contribution is -2.50. The molecular weight excluding hydrogens is 439 g/mol. The van der Waals surface area contributed by atoms with E-state index in [1.54, 1.807) is 12.1 Å². The second-order valence-corrected chi connectivity index (χ2v) is 9.34. The van der Waals surface area contributed by atoms with Gasteiger partial charge in [-0.25, -0.2) is 4.39 Å². The van der Waals surface area contributed by atoms with Crippen molar-refractivity contribution >= 4 is 11.8 Å². The molecule has 1 aromatic carbocycles. The minimum atomic E-state index is -0.325. The van der Waals surface area contributed by atoms with E-state index in [2.05, 4.69) is 10.2 Å². The summed E-state index contributed by atoms with van der Waals surface area (Å²) in [4.78, 5) is 30.1. The Labute approximate surface area is 198 Å². The summed E-state index contributed by atoms with van der Waals surface area (Å²) in [6, 6.07) is 5.93. The molecule has 1 aromatic heterocycles. The first-order valence-electron chi connectivity index (χ1n) is 12.2. The Hall–Kier alpha value is -2.94. The Bertz CT molecular complexity index is 1020. The van der Waals surface area contributed by atoms with Crippen LogP contribution in [0.15, 0.2) is 24.3 Å². The Morgan fingerprint density at radius 3 is 2.65 bits per heavy atom. The normalized spacial score (nSPS) is 22.9. The number of carbonyl (C=O) groups is 2. The highest BCUT2D eigenvalue weighted by molar-refractivity contribution is 5.94. The smallest absolute Gasteiger partial charge is 0.274 e. The van der Waals surface area contributed by atoms with E-state index >= 15 is 0 Å². The fraction of sp³-hybridized carbons (Fsp3) is 0.560. The molecule has 1 aliphatic carbocycles. The van der Waals surface area contributed by atoms with Crippen molar-refractivity contribution in [1.29, 1.82) is 0 Å². The van der Waals surface area contributed by atoms with Gasteiger partial charge in [-0.2, -0.15) is 5.10 Å². The predicted octanol–water partition coefficient (Wildman–Crippen LogP) is 2.59. The zero-order valence-electron chi connectivity index (χ0n) is 19.3. The molecule has 0 bridgehead atoms. The number of hydrogen-bond donors (Lipinski definition) is 1. The van der Waals surface area contributed by atoms with Crippen LogP contribution in [0.1, 0.15) is 47.4 Å². The number of amides is 2. The van der Waals surface area contributed by atoms with Crippen LogP contribution >= 0.6 is 0 Å². The maximum atomic E-state index is 13.4. The fourth-order valence-electron chi connectivity index (χ4n) is 5.21. The number of benzene rings is 1. The predicted molar refractivity (Wildman–Crippen MR) is 122 cm³/mol. The second-order valence-electron chi connectivity index (χ2n) is 9.34. The number of aromatic amines is 1. The van der Waals surface area contributed by atoms with Gasteiger partial charge in [0.1, 0.15) is 17.7 Å². The third-order valence-electron chi connectivity index (χ3n) is 7.11. The van der Waals surface area contributed by atoms with Crippen molar-refractivity contribution < 1.29 is 23.5 Å². The van der Waals surface area contributed by atoms with Crippen LogP contribution in [0.2, 0.25) is 0 Å². The van der Waals surface area contributed by atoms with Crippen molar-refractivity contribution in [3.05, 3.63) is 47.0 Å². The molecule has 3 aliphatic rings. The summed E-state index contributed by atoms with van der Waals surface area (Å²) in [7, 11) is 0. The van der Waals surface area contributed by atoms with Crippen LogP contribution < -0.4 is 4.74 Å². The van der Waals surface area contributed by atoms with Crippen LogP contribution in [0.3, 0.4) is 0 Å². The average Bonchev–Trinajstić information content (AvgIpc) is 3.30. The number of piperidine rings is 1. The third-order valence-corrected chi connectivity index (χ3v) is 7.11. The Kier molecular flexibility index (Phi) is 6.80. The number of aromatic nitrogens is 2. The third kappa shape index (κ3) is 4.94. The zero-order chi connectivity index (χ0) is 23.5. The summed E-state index contributed by atoms with van der Waals surface area (Å²) in [5.74, 6) is 0.0364. The average molecular weight is 471 g/mol. The van der Waals surface area contributed by atoms with Crippen molar-refractivity contribution in [2.45, 2.75) is 44.6 Å². The lowest BCUT2D eigenvalue weighted by molar-refractivity contribution is -0.137. The highest BCUT2D eigenvalue weighted by Crippen LogP contribution is 2.29. The van der Waals surface area contributed by atoms with Crippen molar-refractivity contribution in [3.8, 4) is 5.75 Å². The Morgan fingerprint density at radius 2 is 1.85 bits per heavy atom. The minimum absolute atomic E-state index is 0.0486. The molecular formula is C25H31FN4O4. The minimum Gasteiger partial charge on any atom is -0.490 e. The number of H-pyrrole nitrogens is 1. The van der Waals surface area contributed by atoms with E-state index in [0.29, 0.717) is 57.3 Å². The first-order valence-corrected chi connectivity index (χ1v) is 12.2. The molecule has 2 saturated heterocycles. The molecule has 0 radical (unpaired) electrons. The molecule has 2 aromatic rings. The molecule has 2 aliphatic heterocycles. The standard InChI is InChI=1S/C25H31FN4O4/c26-18-5-7-19(8-6-18)34-22-9-10-30(16-17(22)15-23(31)29-11-13-33-14-12-29)25(32)24-20-3-1-2-4-21(20)27-28-24/h5-8,17,22H,1-4,9-16H2,(H,27,28)/t17-,22-/m0/s1. The number of ether oxygens (including phenoxy) is 2. The van der Waals surface area contributed by atoms with Crippen LogP contribution in [0.5, 0.6) is 5.75 Å². The monoisotopic (exact) mass is 470 g/mol. The van der Waals surface area contributed by atoms with Gasteiger partial charge in [0.05, 0.1) is 13.2 Å². The number of likely N-dealkylation sites (tertiary alicyclic amines) is 1. The lowest BCUT2D eigenvalue weighted by Gasteiger charge is -2.39. The van der Waals surface area contributed by atoms with E-state index in [-0.39, 0.29) is 36.1 Å². The SMILES string of the molecule is O=C(C[C@H]1CN(C(=O)c2n[nH]c3c2CCCC3)CC[C@@H]1Oc1ccc(F)cc1)N1CCOCC1. The molecule has 5 rings (SSSR count). The van der Waals surface area contributed by atoms with Crippen molar-refractivity contribution in [2.75, 3.05) is 39.4 Å². The van der Waals surface area contributed by atoms with Crippen LogP contribution in [0.25, 0.3) is 0 Å². The topological polar surface area (TPSA) is 87.8 Å². The van der Waals surface area contributed by atoms with Gasteiger partial charge < -0.3 is 19.3 Å². The maximum absolute atomic E-state index is 13.4. The van der Waals surface area contributed by atoms with Gasteiger partial charge in [-0.3, -0.25) is 14.7 Å². The molecule has 3 heterocycles. The summed E-state index contributed by atoms with van der Waals surface area (Å²) in [5.41, 5.74) is 2.64. The number of halogens is 1. The van der Waals surface area contributed by atoms with Crippen LogP contribution in [-0.4, -0.2) is 77.3 Å². The van der Waals surface area contributed by atoms with Crippen molar-refractivity contribution in [2.24, 2.45) is 5.92 Å². The molecule has 0 spiro atoms. The number of fused-ring (bicyclic) bond motifs is 1. The highest BCUT2D eigenvalue weighted by atomic mass is 19.1. The summed E-state index contributed by atoms with van der Waals surface area (Å²) >= 11 is 0. The number of rotatable bonds is 5. The van der Waals surface area contributed by atoms with Crippen molar-refractivity contribution in [3.63, 3.8) is 0 Å². The van der Waals surface area contributed by atoms with Gasteiger partial charge in [0.25, 0.3) is 5.91 Å². The number of morpholine rings is 1. The van der Waals surface area contributed by atoms with Gasteiger partial charge >= 0.3 is 0 Å². The molecule has 9 heteroatoms. The molecule has 2 fully saturated rings. The van der Waals surface area contributed by atoms with Crippen LogP contribution in [0, 0.1) is 11.7 Å². The summed E-state index contributed by atoms with van der Waals surface area (Å²) in [5, 5.41) is 7.41. The molecule has 1 N–H and O–H groups in total. The van der Waals surface area contributed by atoms with Gasteiger partial charge in [-0.05, 0) is 49.9 Å². The molecule has 8 nitrogen and oxygen atoms in total. The molecule has 182 valence electrons. The fourth-order valence-corrected chi connectivity index (χ4v) is 5.21. The quantitative estimate of drug-likeness (QED) is 0.726. The molecule has 2 atom stereocenters. The van der Waals surface area contributed by atoms with Gasteiger partial charge in [-0.1, -0.05) is 0 Å². The van der Waals surface area contributed by atoms with Gasteiger partial charge in [-0.15, -0.1) is 0 Å². The Balaban J connectivity index is 1.32. The largest absolute Gasteiger partial charge is 0.490 e. The van der Waals surface area contributed by atoms with Crippen LogP contribution in [-0.2, 0) is 22.4 Å². The first kappa shape index (κ1) is 22.8. The van der Waals surface area contributed by atoms with E-state index in [0.717, 1.165) is 36.9 Å². The van der Waals surface area contributed by atoms with E-state index in [1.165, 1.54) is 12.1 Å². The van der Waals surface area contributed by atoms with E-state index in [9.17, 15) is 14.0 Å². The maximum Gasteiger partial charge on any atom is 0.274 e. The lowest BCUT2D eigenvalue weighted by atomic mass is 9.90. The van der Waals surface area contributed by atoms with E-state index < -0.39 is 0 Å². The molecule has 2 amide bonds. The van der Waals surface area contributed by atoms with Gasteiger partial charge in [0.2, 0.25) is 5.91 Å². The summed E-state index contributed by atoms with van der Waals surface area (Å²) < 4.78 is 24.9. The number of carbonyl (C=O) groups excluding carboxylic acids is 2. The Morgan fingerprint density at radius 1 is 1.09 bits per heavy atom. The summed E-state index contributed by atoms with van der Waals surface area (Å²) in [6.07, 6.45) is 4.62. The number of hydrogen-bond acceptors (Lipinski definition) is 5.